The third kappa shape index (κ3) is 18.0. The number of aromatic amines is 1. The molecule has 1 aromatic heterocycles. The number of carbonyl (C=O) groups is 3. The number of piperidine rings is 2. The lowest BCUT2D eigenvalue weighted by Crippen LogP contribution is -2.52. The number of hydrogen-bond acceptors (Lipinski definition) is 18. The Morgan fingerprint density at radius 3 is 1.98 bits per heavy atom. The molecule has 2 saturated heterocycles. The van der Waals surface area contributed by atoms with E-state index in [1.54, 1.807) is 0 Å². The summed E-state index contributed by atoms with van der Waals surface area (Å²) in [5, 5.41) is 46.2. The van der Waals surface area contributed by atoms with E-state index in [1.165, 1.54) is 28.9 Å². The van der Waals surface area contributed by atoms with Crippen molar-refractivity contribution in [3.8, 4) is 5.75 Å². The number of H-pyrrole nitrogens is 1. The van der Waals surface area contributed by atoms with Gasteiger partial charge in [0.25, 0.3) is 17.3 Å². The summed E-state index contributed by atoms with van der Waals surface area (Å²) in [7, 11) is 0. The maximum Gasteiger partial charge on any atom is 0.299 e. The first kappa shape index (κ1) is 61.1. The van der Waals surface area contributed by atoms with Crippen LogP contribution < -0.4 is 26.0 Å². The summed E-state index contributed by atoms with van der Waals surface area (Å²) in [4.78, 5) is 66.3. The lowest BCUT2D eigenvalue weighted by molar-refractivity contribution is -0.393. The number of aromatic nitrogens is 1. The first-order chi connectivity index (χ1) is 38.8. The van der Waals surface area contributed by atoms with Gasteiger partial charge >= 0.3 is 0 Å². The molecule has 0 aliphatic carbocycles. The van der Waals surface area contributed by atoms with E-state index in [2.05, 4.69) is 63.2 Å². The number of nitro groups is 2. The molecular formula is C56H79N9O15. The highest BCUT2D eigenvalue weighted by atomic mass is 16.6. The minimum atomic E-state index is -0.696. The predicted octanol–water partition coefficient (Wildman–Crippen LogP) is 4.81. The molecule has 80 heavy (non-hydrogen) atoms. The van der Waals surface area contributed by atoms with Gasteiger partial charge in [0.05, 0.1) is 101 Å². The van der Waals surface area contributed by atoms with Crippen LogP contribution in [-0.2, 0) is 43.4 Å². The lowest BCUT2D eigenvalue weighted by atomic mass is 9.67. The Morgan fingerprint density at radius 1 is 0.750 bits per heavy atom. The van der Waals surface area contributed by atoms with E-state index < -0.39 is 21.6 Å². The van der Waals surface area contributed by atoms with Gasteiger partial charge in [-0.3, -0.25) is 34.6 Å². The zero-order chi connectivity index (χ0) is 56.7. The number of anilines is 2. The molecule has 0 radical (unpaired) electrons. The fraction of sp³-hybridized carbons (Fsp3) is 0.589. The van der Waals surface area contributed by atoms with E-state index in [1.807, 2.05) is 29.2 Å². The molecule has 24 nitrogen and oxygen atoms in total. The van der Waals surface area contributed by atoms with E-state index in [9.17, 15) is 39.7 Å². The van der Waals surface area contributed by atoms with Crippen LogP contribution in [0.3, 0.4) is 0 Å². The van der Waals surface area contributed by atoms with Gasteiger partial charge in [-0.05, 0) is 86.0 Å². The number of aryl methyl sites for hydroxylation is 1. The number of fused-ring (bicyclic) bond motifs is 3. The Bertz CT molecular complexity index is 2650. The molecule has 4 heterocycles. The molecule has 4 aromatic rings. The number of likely N-dealkylation sites (tertiary alicyclic amines) is 2. The lowest BCUT2D eigenvalue weighted by Gasteiger charge is -2.46. The van der Waals surface area contributed by atoms with E-state index in [-0.39, 0.29) is 86.2 Å². The molecule has 3 aliphatic heterocycles. The van der Waals surface area contributed by atoms with Gasteiger partial charge in [-0.25, -0.2) is 0 Å². The Hall–Kier alpha value is -6.51. The molecule has 3 aromatic carbocycles. The molecule has 6 N–H and O–H groups in total. The first-order valence-electron chi connectivity index (χ1n) is 27.8. The third-order valence-corrected chi connectivity index (χ3v) is 15.0. The summed E-state index contributed by atoms with van der Waals surface area (Å²) >= 11 is 0. The Morgan fingerprint density at radius 2 is 1.36 bits per heavy atom. The number of aliphatic hydroxyl groups excluding tert-OH is 1. The van der Waals surface area contributed by atoms with Gasteiger partial charge in [-0.1, -0.05) is 25.1 Å². The van der Waals surface area contributed by atoms with Gasteiger partial charge in [0.15, 0.2) is 0 Å². The highest BCUT2D eigenvalue weighted by molar-refractivity contribution is 5.99. The van der Waals surface area contributed by atoms with E-state index in [4.69, 9.17) is 33.2 Å². The summed E-state index contributed by atoms with van der Waals surface area (Å²) in [6.07, 6.45) is 2.26. The minimum absolute atomic E-state index is 0.0353. The van der Waals surface area contributed by atoms with Crippen LogP contribution in [0.25, 0.3) is 10.9 Å². The Labute approximate surface area is 466 Å². The number of ether oxygens (including phenoxy) is 7. The van der Waals surface area contributed by atoms with Crippen LogP contribution >= 0.6 is 0 Å². The summed E-state index contributed by atoms with van der Waals surface area (Å²) in [6.45, 7) is 14.2. The van der Waals surface area contributed by atoms with Crippen molar-refractivity contribution < 1.29 is 62.5 Å². The molecular weight excluding hydrogens is 1040 g/mol. The molecule has 3 amide bonds. The molecule has 24 heteroatoms. The van der Waals surface area contributed by atoms with Gasteiger partial charge in [-0.15, -0.1) is 0 Å². The fourth-order valence-corrected chi connectivity index (χ4v) is 10.5. The number of nitro benzene ring substituents is 2. The number of carbonyl (C=O) groups excluding carboxylic acids is 3. The SMILES string of the molecule is Cc1ccc2c(c1)NC[C@]21CCN(C[C@@H](O)C2CCN(C(=O)c3cc4c(OCCOCCOCCOCCNC(=O)CCC(=O)NCCOCCOCCOCCNc5ccc([N+](=O)[O-])cc5[N+](=O)[O-])cccc4[nH]3)CC2)C[C@H]1C. The maximum atomic E-state index is 13.7. The zero-order valence-electron chi connectivity index (χ0n) is 46.0. The van der Waals surface area contributed by atoms with Crippen LogP contribution in [0.2, 0.25) is 0 Å². The van der Waals surface area contributed by atoms with Crippen LogP contribution in [0.4, 0.5) is 22.7 Å². The maximum absolute atomic E-state index is 13.7. The third-order valence-electron chi connectivity index (χ3n) is 15.0. The second-order valence-corrected chi connectivity index (χ2v) is 20.4. The van der Waals surface area contributed by atoms with Crippen molar-refractivity contribution in [3.63, 3.8) is 0 Å². The van der Waals surface area contributed by atoms with E-state index >= 15 is 0 Å². The summed E-state index contributed by atoms with van der Waals surface area (Å²) in [5.74, 6) is 0.705. The largest absolute Gasteiger partial charge is 0.490 e. The second-order valence-electron chi connectivity index (χ2n) is 20.4. The number of aliphatic hydroxyl groups is 1. The minimum Gasteiger partial charge on any atom is -0.490 e. The standard InChI is InChI=1S/C56H79N9O15/c1-40-6-8-45-48(34-40)60-39-56(45)14-20-62(37-41(56)2)38-51(66)42-12-18-63(19-13-42)55(69)49-36-44-46(61-49)4-3-5-52(44)80-33-32-79-31-30-78-29-26-76-23-17-59-54(68)11-10-53(67)58-16-22-75-25-28-77-27-24-74-21-15-57-47-9-7-43(64(70)71)35-50(47)65(72)73/h3-9,34-36,41-42,51,57,60-61,66H,10-33,37-39H2,1-2H3,(H,58,67)(H,59,68)/t41-,51-,56+/m1/s1. The van der Waals surface area contributed by atoms with Crippen molar-refractivity contribution >= 4 is 51.4 Å². The molecule has 0 unspecified atom stereocenters. The topological polar surface area (TPSA) is 293 Å². The van der Waals surface area contributed by atoms with Crippen molar-refractivity contribution in [1.29, 1.82) is 0 Å². The number of nitrogens with zero attached hydrogens (tertiary/aromatic N) is 4. The van der Waals surface area contributed by atoms with Crippen molar-refractivity contribution in [2.24, 2.45) is 11.8 Å². The Kier molecular flexibility index (Phi) is 24.0. The number of non-ortho nitro benzene ring substituents is 1. The number of rotatable bonds is 35. The molecule has 1 spiro atoms. The van der Waals surface area contributed by atoms with Crippen LogP contribution in [0, 0.1) is 39.0 Å². The van der Waals surface area contributed by atoms with Gasteiger partial charge in [0, 0.05) is 93.3 Å². The summed E-state index contributed by atoms with van der Waals surface area (Å²) < 4.78 is 39.2. The fourth-order valence-electron chi connectivity index (χ4n) is 10.5. The van der Waals surface area contributed by atoms with E-state index in [0.717, 1.165) is 55.9 Å². The number of nitrogens with one attached hydrogen (secondary N) is 5. The van der Waals surface area contributed by atoms with Gasteiger partial charge < -0.3 is 74.3 Å². The monoisotopic (exact) mass is 1120 g/mol. The average Bonchev–Trinajstić information content (AvgIpc) is 4.18. The highest BCUT2D eigenvalue weighted by Gasteiger charge is 2.46. The molecule has 0 bridgehead atoms. The highest BCUT2D eigenvalue weighted by Crippen LogP contribution is 2.47. The number of hydrogen-bond donors (Lipinski definition) is 6. The average molecular weight is 1120 g/mol. The number of β-amino-alcohol motifs (C(OH)–C–C–N with tert-alkyl or cyclic N) is 1. The predicted molar refractivity (Wildman–Crippen MR) is 298 cm³/mol. The molecule has 3 atom stereocenters. The van der Waals surface area contributed by atoms with Crippen LogP contribution in [0.1, 0.15) is 60.6 Å². The smallest absolute Gasteiger partial charge is 0.299 e. The first-order valence-corrected chi connectivity index (χ1v) is 27.8. The van der Waals surface area contributed by atoms with Crippen molar-refractivity contribution in [2.45, 2.75) is 57.5 Å². The Balaban J connectivity index is 0.630. The van der Waals surface area contributed by atoms with Crippen molar-refractivity contribution in [3.05, 3.63) is 97.7 Å². The van der Waals surface area contributed by atoms with Gasteiger partial charge in [0.2, 0.25) is 11.8 Å². The number of benzene rings is 3. The molecule has 3 aliphatic rings. The van der Waals surface area contributed by atoms with E-state index in [0.29, 0.717) is 110 Å². The van der Waals surface area contributed by atoms with Gasteiger partial charge in [0.1, 0.15) is 23.7 Å². The normalized spacial score (nSPS) is 17.7. The number of amides is 3. The van der Waals surface area contributed by atoms with Crippen LogP contribution in [0.5, 0.6) is 5.75 Å². The van der Waals surface area contributed by atoms with Crippen molar-refractivity contribution in [1.82, 2.24) is 25.4 Å². The molecule has 0 saturated carbocycles. The summed E-state index contributed by atoms with van der Waals surface area (Å²) in [6, 6.07) is 17.7. The molecule has 438 valence electrons. The van der Waals surface area contributed by atoms with Crippen LogP contribution in [-0.4, -0.2) is 198 Å². The van der Waals surface area contributed by atoms with Gasteiger partial charge in [-0.2, -0.15) is 0 Å². The zero-order valence-corrected chi connectivity index (χ0v) is 46.0. The molecule has 2 fully saturated rings. The molecule has 7 rings (SSSR count). The van der Waals surface area contributed by atoms with Crippen LogP contribution in [0.15, 0.2) is 60.7 Å². The second kappa shape index (κ2) is 31.5. The quantitative estimate of drug-likeness (QED) is 0.0205. The summed E-state index contributed by atoms with van der Waals surface area (Å²) in [5.41, 5.74) is 4.87. The van der Waals surface area contributed by atoms with Crippen molar-refractivity contribution in [2.75, 3.05) is 155 Å².